The third-order valence-electron chi connectivity index (χ3n) is 4.69. The van der Waals surface area contributed by atoms with Crippen LogP contribution in [-0.2, 0) is 27.4 Å². The number of nitrogens with one attached hydrogen (secondary N) is 2. The third-order valence-corrected chi connectivity index (χ3v) is 5.56. The predicted octanol–water partition coefficient (Wildman–Crippen LogP) is 3.20. The summed E-state index contributed by atoms with van der Waals surface area (Å²) in [6, 6.07) is 15.0. The highest BCUT2D eigenvalue weighted by Gasteiger charge is 2.26. The van der Waals surface area contributed by atoms with Gasteiger partial charge in [-0.1, -0.05) is 54.5 Å². The molecule has 0 bridgehead atoms. The van der Waals surface area contributed by atoms with Crippen molar-refractivity contribution in [2.45, 2.75) is 38.5 Å². The van der Waals surface area contributed by atoms with Crippen molar-refractivity contribution in [2.24, 2.45) is 5.16 Å². The van der Waals surface area contributed by atoms with Crippen LogP contribution in [0.25, 0.3) is 0 Å². The number of carbonyl (C=O) groups is 2. The SMILES string of the molecule is CCSC1=NOC(CNC(=O)[C@H](Cc2cccc(O)c2)NC(=O)OCc2ccccc2)C1. The summed E-state index contributed by atoms with van der Waals surface area (Å²) < 4.78 is 5.26. The molecule has 2 aromatic rings. The smallest absolute Gasteiger partial charge is 0.408 e. The number of amides is 2. The Kier molecular flexibility index (Phi) is 8.79. The first kappa shape index (κ1) is 23.5. The molecule has 0 radical (unpaired) electrons. The van der Waals surface area contributed by atoms with Crippen LogP contribution in [0.4, 0.5) is 4.79 Å². The van der Waals surface area contributed by atoms with Crippen LogP contribution in [0.3, 0.4) is 0 Å². The molecule has 0 spiro atoms. The number of aromatic hydroxyl groups is 1. The monoisotopic (exact) mass is 457 g/mol. The first-order valence-electron chi connectivity index (χ1n) is 10.4. The van der Waals surface area contributed by atoms with Gasteiger partial charge in [0.25, 0.3) is 0 Å². The lowest BCUT2D eigenvalue weighted by atomic mass is 10.0. The summed E-state index contributed by atoms with van der Waals surface area (Å²) in [7, 11) is 0. The number of rotatable bonds is 9. The standard InChI is InChI=1S/C23H27N3O5S/c1-2-32-21-13-19(31-26-21)14-24-22(28)20(12-17-9-6-10-18(27)11-17)25-23(29)30-15-16-7-4-3-5-8-16/h3-11,19-20,27H,2,12-15H2,1H3,(H,24,28)(H,25,29)/t19?,20-/m0/s1. The van der Waals surface area contributed by atoms with Crippen molar-refractivity contribution < 1.29 is 24.3 Å². The zero-order valence-electron chi connectivity index (χ0n) is 17.8. The predicted molar refractivity (Wildman–Crippen MR) is 123 cm³/mol. The second kappa shape index (κ2) is 12.0. The average Bonchev–Trinajstić information content (AvgIpc) is 3.24. The molecule has 0 saturated heterocycles. The van der Waals surface area contributed by atoms with Gasteiger partial charge < -0.3 is 25.3 Å². The number of phenols is 1. The van der Waals surface area contributed by atoms with Crippen LogP contribution in [0, 0.1) is 0 Å². The first-order chi connectivity index (χ1) is 15.5. The third kappa shape index (κ3) is 7.49. The molecule has 2 amide bonds. The van der Waals surface area contributed by atoms with Gasteiger partial charge in [-0.05, 0) is 29.0 Å². The maximum absolute atomic E-state index is 12.9. The largest absolute Gasteiger partial charge is 0.508 e. The number of phenolic OH excluding ortho intramolecular Hbond substituents is 1. The van der Waals surface area contributed by atoms with Gasteiger partial charge in [0.2, 0.25) is 5.91 Å². The van der Waals surface area contributed by atoms with Gasteiger partial charge in [0.15, 0.2) is 6.10 Å². The Balaban J connectivity index is 1.57. The van der Waals surface area contributed by atoms with Gasteiger partial charge in [0, 0.05) is 12.8 Å². The topological polar surface area (TPSA) is 109 Å². The summed E-state index contributed by atoms with van der Waals surface area (Å²) in [4.78, 5) is 30.6. The number of carbonyl (C=O) groups excluding carboxylic acids is 2. The Bertz CT molecular complexity index is 938. The maximum atomic E-state index is 12.9. The van der Waals surface area contributed by atoms with Gasteiger partial charge in [-0.2, -0.15) is 0 Å². The molecule has 1 unspecified atom stereocenters. The van der Waals surface area contributed by atoms with Crippen molar-refractivity contribution in [2.75, 3.05) is 12.3 Å². The van der Waals surface area contributed by atoms with E-state index in [1.165, 1.54) is 0 Å². The van der Waals surface area contributed by atoms with E-state index in [2.05, 4.69) is 15.8 Å². The Morgan fingerprint density at radius 2 is 2.00 bits per heavy atom. The minimum Gasteiger partial charge on any atom is -0.508 e. The minimum atomic E-state index is -0.883. The summed E-state index contributed by atoms with van der Waals surface area (Å²) in [6.07, 6.45) is -0.0990. The quantitative estimate of drug-likeness (QED) is 0.534. The molecular weight excluding hydrogens is 430 g/mol. The van der Waals surface area contributed by atoms with Gasteiger partial charge in [-0.25, -0.2) is 4.79 Å². The fourth-order valence-electron chi connectivity index (χ4n) is 3.14. The molecule has 1 aliphatic rings. The van der Waals surface area contributed by atoms with Crippen LogP contribution in [-0.4, -0.2) is 46.6 Å². The van der Waals surface area contributed by atoms with Crippen LogP contribution < -0.4 is 10.6 Å². The number of hydrogen-bond donors (Lipinski definition) is 3. The molecule has 8 nitrogen and oxygen atoms in total. The van der Waals surface area contributed by atoms with Gasteiger partial charge in [-0.15, -0.1) is 11.8 Å². The van der Waals surface area contributed by atoms with E-state index in [-0.39, 0.29) is 37.3 Å². The van der Waals surface area contributed by atoms with E-state index < -0.39 is 12.1 Å². The molecule has 3 rings (SSSR count). The number of thioether (sulfide) groups is 1. The molecule has 0 fully saturated rings. The molecule has 1 aliphatic heterocycles. The van der Waals surface area contributed by atoms with Crippen LogP contribution in [0.1, 0.15) is 24.5 Å². The summed E-state index contributed by atoms with van der Waals surface area (Å²) in [5.41, 5.74) is 1.55. The normalized spacial score (nSPS) is 15.9. The average molecular weight is 458 g/mol. The molecule has 9 heteroatoms. The molecule has 3 N–H and O–H groups in total. The van der Waals surface area contributed by atoms with Crippen LogP contribution >= 0.6 is 11.8 Å². The number of oxime groups is 1. The summed E-state index contributed by atoms with van der Waals surface area (Å²) >= 11 is 1.61. The van der Waals surface area contributed by atoms with Crippen molar-refractivity contribution in [1.82, 2.24) is 10.6 Å². The molecule has 1 heterocycles. The van der Waals surface area contributed by atoms with E-state index in [0.717, 1.165) is 16.4 Å². The molecular formula is C23H27N3O5S. The summed E-state index contributed by atoms with van der Waals surface area (Å²) in [5, 5.41) is 20.1. The van der Waals surface area contributed by atoms with E-state index in [1.807, 2.05) is 37.3 Å². The van der Waals surface area contributed by atoms with Gasteiger partial charge >= 0.3 is 6.09 Å². The first-order valence-corrected chi connectivity index (χ1v) is 11.4. The van der Waals surface area contributed by atoms with Crippen molar-refractivity contribution >= 4 is 28.8 Å². The Hall–Kier alpha value is -3.20. The Morgan fingerprint density at radius 3 is 2.75 bits per heavy atom. The lowest BCUT2D eigenvalue weighted by Gasteiger charge is -2.19. The highest BCUT2D eigenvalue weighted by atomic mass is 32.2. The van der Waals surface area contributed by atoms with Gasteiger partial charge in [-0.3, -0.25) is 4.79 Å². The van der Waals surface area contributed by atoms with Crippen molar-refractivity contribution in [3.05, 3.63) is 65.7 Å². The highest BCUT2D eigenvalue weighted by Crippen LogP contribution is 2.18. The molecule has 0 aliphatic carbocycles. The molecule has 2 aromatic carbocycles. The second-order valence-electron chi connectivity index (χ2n) is 7.23. The number of ether oxygens (including phenoxy) is 1. The summed E-state index contributed by atoms with van der Waals surface area (Å²) in [6.45, 7) is 2.41. The van der Waals surface area contributed by atoms with Crippen molar-refractivity contribution in [3.8, 4) is 5.75 Å². The van der Waals surface area contributed by atoms with Crippen molar-refractivity contribution in [3.63, 3.8) is 0 Å². The number of hydrogen-bond acceptors (Lipinski definition) is 7. The van der Waals surface area contributed by atoms with E-state index in [1.54, 1.807) is 36.0 Å². The maximum Gasteiger partial charge on any atom is 0.408 e. The molecule has 32 heavy (non-hydrogen) atoms. The van der Waals surface area contributed by atoms with Crippen LogP contribution in [0.2, 0.25) is 0 Å². The van der Waals surface area contributed by atoms with Gasteiger partial charge in [0.05, 0.1) is 6.54 Å². The number of alkyl carbamates (subject to hydrolysis) is 1. The molecule has 2 atom stereocenters. The minimum absolute atomic E-state index is 0.0887. The van der Waals surface area contributed by atoms with Crippen LogP contribution in [0.15, 0.2) is 59.8 Å². The summed E-state index contributed by atoms with van der Waals surface area (Å²) in [5.74, 6) is 0.624. The van der Waals surface area contributed by atoms with Crippen molar-refractivity contribution in [1.29, 1.82) is 0 Å². The fraction of sp³-hybridized carbons (Fsp3) is 0.348. The van der Waals surface area contributed by atoms with E-state index in [0.29, 0.717) is 12.0 Å². The van der Waals surface area contributed by atoms with Gasteiger partial charge in [0.1, 0.15) is 23.4 Å². The molecule has 170 valence electrons. The molecule has 0 saturated carbocycles. The zero-order valence-corrected chi connectivity index (χ0v) is 18.6. The Morgan fingerprint density at radius 1 is 1.22 bits per heavy atom. The van der Waals surface area contributed by atoms with Crippen LogP contribution in [0.5, 0.6) is 5.75 Å². The number of nitrogens with zero attached hydrogens (tertiary/aromatic N) is 1. The Labute approximate surface area is 191 Å². The highest BCUT2D eigenvalue weighted by molar-refractivity contribution is 8.13. The second-order valence-corrected chi connectivity index (χ2v) is 8.56. The van der Waals surface area contributed by atoms with E-state index in [4.69, 9.17) is 9.57 Å². The number of benzene rings is 2. The van der Waals surface area contributed by atoms with E-state index in [9.17, 15) is 14.7 Å². The zero-order chi connectivity index (χ0) is 22.8. The fourth-order valence-corrected chi connectivity index (χ4v) is 3.87. The van der Waals surface area contributed by atoms with E-state index >= 15 is 0 Å². The lowest BCUT2D eigenvalue weighted by molar-refractivity contribution is -0.123. The molecule has 0 aromatic heterocycles. The lowest BCUT2D eigenvalue weighted by Crippen LogP contribution is -2.49.